The lowest BCUT2D eigenvalue weighted by molar-refractivity contribution is 0.181. The summed E-state index contributed by atoms with van der Waals surface area (Å²) in [6.07, 6.45) is 2.59. The van der Waals surface area contributed by atoms with Crippen LogP contribution < -0.4 is 10.1 Å². The van der Waals surface area contributed by atoms with Gasteiger partial charge in [-0.25, -0.2) is 4.98 Å². The number of hydrogen-bond acceptors (Lipinski definition) is 5. The molecule has 0 bridgehead atoms. The molecule has 5 heteroatoms. The summed E-state index contributed by atoms with van der Waals surface area (Å²) in [7, 11) is 3.39. The Hall–Kier alpha value is -1.43. The van der Waals surface area contributed by atoms with Gasteiger partial charge in [-0.3, -0.25) is 0 Å². The summed E-state index contributed by atoms with van der Waals surface area (Å²) in [4.78, 5) is 6.01. The van der Waals surface area contributed by atoms with E-state index in [4.69, 9.17) is 14.5 Å². The van der Waals surface area contributed by atoms with Gasteiger partial charge >= 0.3 is 0 Å². The maximum atomic E-state index is 5.27. The van der Waals surface area contributed by atoms with Crippen molar-refractivity contribution in [2.45, 2.75) is 32.0 Å². The molecule has 1 aromatic heterocycles. The summed E-state index contributed by atoms with van der Waals surface area (Å²) < 4.78 is 10.5. The SMILES string of the molecule is COCc1nc(-c2ccc(OC)cc2)sc1CNC1CC1. The second-order valence-corrected chi connectivity index (χ2v) is 6.29. The molecule has 0 unspecified atom stereocenters. The molecule has 2 aromatic rings. The molecule has 1 aromatic carbocycles. The summed E-state index contributed by atoms with van der Waals surface area (Å²) in [5.74, 6) is 0.864. The van der Waals surface area contributed by atoms with E-state index in [9.17, 15) is 0 Å². The molecule has 0 amide bonds. The average molecular weight is 304 g/mol. The zero-order chi connectivity index (χ0) is 14.7. The van der Waals surface area contributed by atoms with Gasteiger partial charge in [-0.2, -0.15) is 0 Å². The van der Waals surface area contributed by atoms with Crippen LogP contribution in [0.5, 0.6) is 5.75 Å². The Morgan fingerprint density at radius 2 is 2.00 bits per heavy atom. The van der Waals surface area contributed by atoms with Crippen molar-refractivity contribution in [2.75, 3.05) is 14.2 Å². The minimum Gasteiger partial charge on any atom is -0.497 e. The normalized spacial score (nSPS) is 14.4. The fraction of sp³-hybridized carbons (Fsp3) is 0.438. The molecule has 1 heterocycles. The van der Waals surface area contributed by atoms with E-state index in [1.807, 2.05) is 24.3 Å². The molecule has 0 saturated heterocycles. The Morgan fingerprint density at radius 3 is 2.62 bits per heavy atom. The van der Waals surface area contributed by atoms with Crippen LogP contribution in [-0.2, 0) is 17.9 Å². The Balaban J connectivity index is 1.80. The molecule has 1 aliphatic rings. The summed E-state index contributed by atoms with van der Waals surface area (Å²) in [6, 6.07) is 8.73. The predicted molar refractivity (Wildman–Crippen MR) is 84.7 cm³/mol. The quantitative estimate of drug-likeness (QED) is 0.853. The van der Waals surface area contributed by atoms with Crippen LogP contribution in [-0.4, -0.2) is 25.2 Å². The van der Waals surface area contributed by atoms with Gasteiger partial charge < -0.3 is 14.8 Å². The van der Waals surface area contributed by atoms with Crippen LogP contribution in [0.4, 0.5) is 0 Å². The fourth-order valence-corrected chi connectivity index (χ4v) is 3.17. The largest absolute Gasteiger partial charge is 0.497 e. The second kappa shape index (κ2) is 6.56. The van der Waals surface area contributed by atoms with Crippen LogP contribution in [0, 0.1) is 0 Å². The maximum absolute atomic E-state index is 5.27. The van der Waals surface area contributed by atoms with Crippen LogP contribution in [0.1, 0.15) is 23.4 Å². The number of nitrogens with one attached hydrogen (secondary N) is 1. The molecule has 21 heavy (non-hydrogen) atoms. The Bertz CT molecular complexity index is 591. The van der Waals surface area contributed by atoms with Crippen LogP contribution in [0.2, 0.25) is 0 Å². The van der Waals surface area contributed by atoms with Gasteiger partial charge in [-0.15, -0.1) is 11.3 Å². The molecule has 0 spiro atoms. The lowest BCUT2D eigenvalue weighted by Gasteiger charge is -2.02. The van der Waals surface area contributed by atoms with Crippen LogP contribution in [0.25, 0.3) is 10.6 Å². The Kier molecular flexibility index (Phi) is 4.53. The van der Waals surface area contributed by atoms with E-state index in [1.54, 1.807) is 25.6 Å². The van der Waals surface area contributed by atoms with Crippen molar-refractivity contribution in [2.24, 2.45) is 0 Å². The first kappa shape index (κ1) is 14.5. The number of hydrogen-bond donors (Lipinski definition) is 1. The van der Waals surface area contributed by atoms with E-state index in [2.05, 4.69) is 5.32 Å². The molecule has 3 rings (SSSR count). The number of thiazole rings is 1. The summed E-state index contributed by atoms with van der Waals surface area (Å²) >= 11 is 1.74. The number of aromatic nitrogens is 1. The Labute approximate surface area is 129 Å². The third-order valence-electron chi connectivity index (χ3n) is 3.52. The predicted octanol–water partition coefficient (Wildman–Crippen LogP) is 3.22. The van der Waals surface area contributed by atoms with Crippen molar-refractivity contribution < 1.29 is 9.47 Å². The monoisotopic (exact) mass is 304 g/mol. The van der Waals surface area contributed by atoms with Crippen molar-refractivity contribution in [3.63, 3.8) is 0 Å². The topological polar surface area (TPSA) is 43.4 Å². The number of benzene rings is 1. The molecule has 1 aliphatic carbocycles. The van der Waals surface area contributed by atoms with Crippen molar-refractivity contribution >= 4 is 11.3 Å². The first-order valence-corrected chi connectivity index (χ1v) is 7.97. The standard InChI is InChI=1S/C16H20N2O2S/c1-19-10-14-15(9-17-12-5-6-12)21-16(18-14)11-3-7-13(20-2)8-4-11/h3-4,7-8,12,17H,5-6,9-10H2,1-2H3. The van der Waals surface area contributed by atoms with Gasteiger partial charge in [0.25, 0.3) is 0 Å². The van der Waals surface area contributed by atoms with E-state index in [-0.39, 0.29) is 0 Å². The molecule has 0 aliphatic heterocycles. The van der Waals surface area contributed by atoms with E-state index in [0.717, 1.165) is 28.6 Å². The van der Waals surface area contributed by atoms with Crippen molar-refractivity contribution in [3.8, 4) is 16.3 Å². The highest BCUT2D eigenvalue weighted by atomic mass is 32.1. The summed E-state index contributed by atoms with van der Waals surface area (Å²) in [6.45, 7) is 1.45. The van der Waals surface area contributed by atoms with Gasteiger partial charge in [0.15, 0.2) is 0 Å². The van der Waals surface area contributed by atoms with Crippen LogP contribution in [0.3, 0.4) is 0 Å². The van der Waals surface area contributed by atoms with Crippen molar-refractivity contribution in [1.82, 2.24) is 10.3 Å². The minimum absolute atomic E-state index is 0.564. The molecule has 1 fully saturated rings. The number of methoxy groups -OCH3 is 2. The number of ether oxygens (including phenoxy) is 2. The molecular weight excluding hydrogens is 284 g/mol. The van der Waals surface area contributed by atoms with Gasteiger partial charge in [0.05, 0.1) is 19.4 Å². The zero-order valence-electron chi connectivity index (χ0n) is 12.4. The summed E-state index contributed by atoms with van der Waals surface area (Å²) in [5.41, 5.74) is 2.16. The first-order valence-electron chi connectivity index (χ1n) is 7.15. The molecule has 1 saturated carbocycles. The van der Waals surface area contributed by atoms with Crippen molar-refractivity contribution in [3.05, 3.63) is 34.8 Å². The van der Waals surface area contributed by atoms with Gasteiger partial charge in [0.2, 0.25) is 0 Å². The third-order valence-corrected chi connectivity index (χ3v) is 4.67. The molecule has 0 radical (unpaired) electrons. The second-order valence-electron chi connectivity index (χ2n) is 5.21. The molecule has 1 N–H and O–H groups in total. The van der Waals surface area contributed by atoms with E-state index in [1.165, 1.54) is 17.7 Å². The Morgan fingerprint density at radius 1 is 1.24 bits per heavy atom. The lowest BCUT2D eigenvalue weighted by Crippen LogP contribution is -2.15. The van der Waals surface area contributed by atoms with E-state index < -0.39 is 0 Å². The lowest BCUT2D eigenvalue weighted by atomic mass is 10.2. The third kappa shape index (κ3) is 3.61. The average Bonchev–Trinajstić information content (AvgIpc) is 3.27. The molecule has 112 valence electrons. The maximum Gasteiger partial charge on any atom is 0.124 e. The molecule has 0 atom stereocenters. The summed E-state index contributed by atoms with van der Waals surface area (Å²) in [5, 5.41) is 4.59. The van der Waals surface area contributed by atoms with Gasteiger partial charge in [0, 0.05) is 30.1 Å². The minimum atomic E-state index is 0.564. The highest BCUT2D eigenvalue weighted by Gasteiger charge is 2.21. The van der Waals surface area contributed by atoms with E-state index >= 15 is 0 Å². The van der Waals surface area contributed by atoms with Gasteiger partial charge in [0.1, 0.15) is 10.8 Å². The highest BCUT2D eigenvalue weighted by molar-refractivity contribution is 7.15. The molecule has 4 nitrogen and oxygen atoms in total. The zero-order valence-corrected chi connectivity index (χ0v) is 13.2. The molecular formula is C16H20N2O2S. The number of rotatable bonds is 7. The fourth-order valence-electron chi connectivity index (χ4n) is 2.15. The highest BCUT2D eigenvalue weighted by Crippen LogP contribution is 2.30. The van der Waals surface area contributed by atoms with Gasteiger partial charge in [-0.05, 0) is 37.1 Å². The first-order chi connectivity index (χ1) is 10.3. The van der Waals surface area contributed by atoms with Gasteiger partial charge in [-0.1, -0.05) is 0 Å². The smallest absolute Gasteiger partial charge is 0.124 e. The van der Waals surface area contributed by atoms with Crippen LogP contribution >= 0.6 is 11.3 Å². The van der Waals surface area contributed by atoms with E-state index in [0.29, 0.717) is 12.6 Å². The van der Waals surface area contributed by atoms with Crippen LogP contribution in [0.15, 0.2) is 24.3 Å². The van der Waals surface area contributed by atoms with Crippen molar-refractivity contribution in [1.29, 1.82) is 0 Å². The number of nitrogens with zero attached hydrogens (tertiary/aromatic N) is 1.